The molecule has 1 saturated heterocycles. The average Bonchev–Trinajstić information content (AvgIpc) is 3.44. The van der Waals surface area contributed by atoms with Crippen molar-refractivity contribution in [2.75, 3.05) is 32.7 Å². The highest BCUT2D eigenvalue weighted by Crippen LogP contribution is 2.29. The third-order valence-corrected chi connectivity index (χ3v) is 5.18. The maximum absolute atomic E-state index is 12.4. The molecule has 1 aromatic heterocycles. The molecule has 2 aliphatic rings. The van der Waals surface area contributed by atoms with Crippen molar-refractivity contribution < 1.29 is 4.79 Å². The predicted molar refractivity (Wildman–Crippen MR) is 96.4 cm³/mol. The monoisotopic (exact) mass is 340 g/mol. The van der Waals surface area contributed by atoms with Crippen LogP contribution in [0.4, 0.5) is 0 Å². The summed E-state index contributed by atoms with van der Waals surface area (Å²) in [6.45, 7) is 4.78. The van der Waals surface area contributed by atoms with Crippen molar-refractivity contribution in [1.29, 1.82) is 0 Å². The molecule has 2 aromatic rings. The lowest BCUT2D eigenvalue weighted by atomic mass is 10.2. The third-order valence-electron chi connectivity index (χ3n) is 5.18. The number of hydrogen-bond acceptors (Lipinski definition) is 4. The van der Waals surface area contributed by atoms with Gasteiger partial charge in [-0.25, -0.2) is 4.98 Å². The minimum Gasteiger partial charge on any atom is -0.340 e. The summed E-state index contributed by atoms with van der Waals surface area (Å²) >= 11 is 0. The molecule has 2 fully saturated rings. The summed E-state index contributed by atoms with van der Waals surface area (Å²) in [5.74, 6) is 1.64. The SMILES string of the molecule is O=C(CCc1nc2ccccc2c(=O)[nH]1)N1CCN(CC2CC2)CC1. The Morgan fingerprint density at radius 1 is 1.16 bits per heavy atom. The van der Waals surface area contributed by atoms with E-state index in [1.165, 1.54) is 19.4 Å². The van der Waals surface area contributed by atoms with Gasteiger partial charge in [0.1, 0.15) is 5.82 Å². The van der Waals surface area contributed by atoms with Crippen LogP contribution in [0.25, 0.3) is 10.9 Å². The van der Waals surface area contributed by atoms with Crippen LogP contribution in [0.2, 0.25) is 0 Å². The Bertz CT molecular complexity index is 820. The van der Waals surface area contributed by atoms with Gasteiger partial charge in [0.15, 0.2) is 0 Å². The van der Waals surface area contributed by atoms with E-state index in [4.69, 9.17) is 0 Å². The zero-order valence-corrected chi connectivity index (χ0v) is 14.4. The molecule has 0 radical (unpaired) electrons. The number of aryl methyl sites for hydroxylation is 1. The molecule has 1 aliphatic heterocycles. The van der Waals surface area contributed by atoms with E-state index >= 15 is 0 Å². The number of aromatic nitrogens is 2. The molecule has 0 atom stereocenters. The second-order valence-corrected chi connectivity index (χ2v) is 7.15. The third kappa shape index (κ3) is 3.90. The van der Waals surface area contributed by atoms with Crippen molar-refractivity contribution in [2.24, 2.45) is 5.92 Å². The average molecular weight is 340 g/mol. The molecular weight excluding hydrogens is 316 g/mol. The fraction of sp³-hybridized carbons (Fsp3) is 0.526. The van der Waals surface area contributed by atoms with Crippen LogP contribution >= 0.6 is 0 Å². The molecule has 4 rings (SSSR count). The van der Waals surface area contributed by atoms with Gasteiger partial charge in [0.25, 0.3) is 5.56 Å². The van der Waals surface area contributed by atoms with E-state index in [0.29, 0.717) is 29.6 Å². The summed E-state index contributed by atoms with van der Waals surface area (Å²) < 4.78 is 0. The van der Waals surface area contributed by atoms with Gasteiger partial charge in [-0.15, -0.1) is 0 Å². The molecule has 1 saturated carbocycles. The zero-order chi connectivity index (χ0) is 17.2. The van der Waals surface area contributed by atoms with Gasteiger partial charge in [-0.3, -0.25) is 14.5 Å². The molecule has 6 heteroatoms. The Kier molecular flexibility index (Phi) is 4.53. The van der Waals surface area contributed by atoms with Gasteiger partial charge in [0.2, 0.25) is 5.91 Å². The first-order valence-electron chi connectivity index (χ1n) is 9.17. The van der Waals surface area contributed by atoms with Crippen molar-refractivity contribution in [3.8, 4) is 0 Å². The van der Waals surface area contributed by atoms with Crippen molar-refractivity contribution in [3.63, 3.8) is 0 Å². The summed E-state index contributed by atoms with van der Waals surface area (Å²) in [4.78, 5) is 36.2. The summed E-state index contributed by atoms with van der Waals surface area (Å²) in [6.07, 6.45) is 3.61. The standard InChI is InChI=1S/C19H24N4O2/c24-18(23-11-9-22(10-12-23)13-14-5-6-14)8-7-17-20-16-4-2-1-3-15(16)19(25)21-17/h1-4,14H,5-13H2,(H,20,21,25). The van der Waals surface area contributed by atoms with Crippen LogP contribution in [0.1, 0.15) is 25.1 Å². The lowest BCUT2D eigenvalue weighted by Crippen LogP contribution is -2.49. The van der Waals surface area contributed by atoms with Crippen molar-refractivity contribution in [1.82, 2.24) is 19.8 Å². The van der Waals surface area contributed by atoms with Crippen LogP contribution in [0.5, 0.6) is 0 Å². The van der Waals surface area contributed by atoms with Gasteiger partial charge in [0, 0.05) is 45.6 Å². The fourth-order valence-corrected chi connectivity index (χ4v) is 3.48. The largest absolute Gasteiger partial charge is 0.340 e. The van der Waals surface area contributed by atoms with E-state index in [9.17, 15) is 9.59 Å². The second-order valence-electron chi connectivity index (χ2n) is 7.15. The first-order chi connectivity index (χ1) is 12.2. The number of nitrogens with one attached hydrogen (secondary N) is 1. The smallest absolute Gasteiger partial charge is 0.258 e. The number of benzene rings is 1. The van der Waals surface area contributed by atoms with Gasteiger partial charge in [0.05, 0.1) is 10.9 Å². The van der Waals surface area contributed by atoms with Gasteiger partial charge in [-0.2, -0.15) is 0 Å². The van der Waals surface area contributed by atoms with E-state index in [2.05, 4.69) is 14.9 Å². The Morgan fingerprint density at radius 2 is 1.92 bits per heavy atom. The quantitative estimate of drug-likeness (QED) is 0.893. The molecule has 6 nitrogen and oxygen atoms in total. The number of piperazine rings is 1. The highest BCUT2D eigenvalue weighted by molar-refractivity contribution is 5.78. The Morgan fingerprint density at radius 3 is 2.68 bits per heavy atom. The van der Waals surface area contributed by atoms with Gasteiger partial charge in [-0.05, 0) is 30.9 Å². The fourth-order valence-electron chi connectivity index (χ4n) is 3.48. The molecule has 1 aromatic carbocycles. The van der Waals surface area contributed by atoms with E-state index in [0.717, 1.165) is 32.1 Å². The summed E-state index contributed by atoms with van der Waals surface area (Å²) in [7, 11) is 0. The molecule has 132 valence electrons. The molecule has 1 N–H and O–H groups in total. The number of carbonyl (C=O) groups is 1. The summed E-state index contributed by atoms with van der Waals surface area (Å²) in [6, 6.07) is 7.28. The zero-order valence-electron chi connectivity index (χ0n) is 14.4. The first kappa shape index (κ1) is 16.3. The van der Waals surface area contributed by atoms with Crippen LogP contribution in [0, 0.1) is 5.92 Å². The van der Waals surface area contributed by atoms with E-state index in [1.54, 1.807) is 6.07 Å². The topological polar surface area (TPSA) is 69.3 Å². The molecule has 2 heterocycles. The summed E-state index contributed by atoms with van der Waals surface area (Å²) in [5.41, 5.74) is 0.545. The van der Waals surface area contributed by atoms with Crippen LogP contribution in [0.3, 0.4) is 0 Å². The Balaban J connectivity index is 1.32. The summed E-state index contributed by atoms with van der Waals surface area (Å²) in [5, 5.41) is 0.587. The van der Waals surface area contributed by atoms with E-state index in [-0.39, 0.29) is 11.5 Å². The second kappa shape index (κ2) is 6.96. The van der Waals surface area contributed by atoms with E-state index < -0.39 is 0 Å². The number of carbonyl (C=O) groups excluding carboxylic acids is 1. The van der Waals surface area contributed by atoms with E-state index in [1.807, 2.05) is 23.1 Å². The highest BCUT2D eigenvalue weighted by atomic mass is 16.2. The lowest BCUT2D eigenvalue weighted by Gasteiger charge is -2.34. The molecule has 0 bridgehead atoms. The molecule has 1 amide bonds. The highest BCUT2D eigenvalue weighted by Gasteiger charge is 2.27. The van der Waals surface area contributed by atoms with Gasteiger partial charge >= 0.3 is 0 Å². The molecule has 0 spiro atoms. The number of rotatable bonds is 5. The van der Waals surface area contributed by atoms with Crippen molar-refractivity contribution in [2.45, 2.75) is 25.7 Å². The number of H-pyrrole nitrogens is 1. The van der Waals surface area contributed by atoms with Crippen molar-refractivity contribution >= 4 is 16.8 Å². The number of nitrogens with zero attached hydrogens (tertiary/aromatic N) is 3. The molecule has 0 unspecified atom stereocenters. The number of para-hydroxylation sites is 1. The van der Waals surface area contributed by atoms with Crippen LogP contribution in [-0.2, 0) is 11.2 Å². The maximum Gasteiger partial charge on any atom is 0.258 e. The normalized spacial score (nSPS) is 18.6. The van der Waals surface area contributed by atoms with Crippen LogP contribution in [0.15, 0.2) is 29.1 Å². The number of fused-ring (bicyclic) bond motifs is 1. The Hall–Kier alpha value is -2.21. The molecule has 1 aliphatic carbocycles. The molecule has 25 heavy (non-hydrogen) atoms. The lowest BCUT2D eigenvalue weighted by molar-refractivity contribution is -0.132. The minimum atomic E-state index is -0.137. The molecular formula is C19H24N4O2. The van der Waals surface area contributed by atoms with Gasteiger partial charge < -0.3 is 9.88 Å². The van der Waals surface area contributed by atoms with Crippen LogP contribution in [-0.4, -0.2) is 58.4 Å². The van der Waals surface area contributed by atoms with Crippen molar-refractivity contribution in [3.05, 3.63) is 40.4 Å². The number of amides is 1. The van der Waals surface area contributed by atoms with Gasteiger partial charge in [-0.1, -0.05) is 12.1 Å². The Labute approximate surface area is 146 Å². The van der Waals surface area contributed by atoms with Crippen LogP contribution < -0.4 is 5.56 Å². The first-order valence-corrected chi connectivity index (χ1v) is 9.17. The minimum absolute atomic E-state index is 0.137. The maximum atomic E-state index is 12.4. The number of hydrogen-bond donors (Lipinski definition) is 1. The number of aromatic amines is 1. The predicted octanol–water partition coefficient (Wildman–Crippen LogP) is 1.41.